The molecule has 5 heteroatoms. The van der Waals surface area contributed by atoms with Crippen LogP contribution in [0.4, 0.5) is 0 Å². The molecule has 0 radical (unpaired) electrons. The van der Waals surface area contributed by atoms with Crippen LogP contribution in [0.25, 0.3) is 0 Å². The Bertz CT molecular complexity index is 297. The SMILES string of the molecule is CCC1(C(=O)NCC(=O)NCC(C)C)CCNC1. The minimum absolute atomic E-state index is 0.00491. The molecule has 1 fully saturated rings. The average Bonchev–Trinajstić information content (AvgIpc) is 2.83. The van der Waals surface area contributed by atoms with E-state index in [1.807, 2.05) is 20.8 Å². The van der Waals surface area contributed by atoms with Gasteiger partial charge in [-0.2, -0.15) is 0 Å². The molecule has 1 aliphatic rings. The van der Waals surface area contributed by atoms with Gasteiger partial charge in [0, 0.05) is 13.1 Å². The summed E-state index contributed by atoms with van der Waals surface area (Å²) in [6.07, 6.45) is 1.66. The molecular weight excluding hydrogens is 230 g/mol. The van der Waals surface area contributed by atoms with E-state index in [0.29, 0.717) is 19.0 Å². The third-order valence-electron chi connectivity index (χ3n) is 3.52. The first-order valence-electron chi connectivity index (χ1n) is 6.76. The minimum atomic E-state index is -0.321. The Morgan fingerprint density at radius 3 is 2.56 bits per heavy atom. The topological polar surface area (TPSA) is 70.2 Å². The Kier molecular flexibility index (Phi) is 5.59. The normalized spacial score (nSPS) is 23.1. The monoisotopic (exact) mass is 255 g/mol. The lowest BCUT2D eigenvalue weighted by molar-refractivity contribution is -0.132. The molecule has 1 atom stereocenters. The van der Waals surface area contributed by atoms with Crippen molar-refractivity contribution in [2.24, 2.45) is 11.3 Å². The maximum atomic E-state index is 12.1. The summed E-state index contributed by atoms with van der Waals surface area (Å²) in [5.41, 5.74) is -0.321. The predicted molar refractivity (Wildman–Crippen MR) is 71.1 cm³/mol. The number of hydrogen-bond donors (Lipinski definition) is 3. The van der Waals surface area contributed by atoms with Crippen molar-refractivity contribution in [3.63, 3.8) is 0 Å². The lowest BCUT2D eigenvalue weighted by Crippen LogP contribution is -2.46. The van der Waals surface area contributed by atoms with Crippen LogP contribution in [0.3, 0.4) is 0 Å². The Hall–Kier alpha value is -1.10. The van der Waals surface area contributed by atoms with E-state index in [-0.39, 0.29) is 23.8 Å². The first-order chi connectivity index (χ1) is 8.50. The summed E-state index contributed by atoms with van der Waals surface area (Å²) in [7, 11) is 0. The van der Waals surface area contributed by atoms with Gasteiger partial charge in [-0.15, -0.1) is 0 Å². The van der Waals surface area contributed by atoms with Crippen LogP contribution in [0.1, 0.15) is 33.6 Å². The van der Waals surface area contributed by atoms with Crippen LogP contribution in [0.2, 0.25) is 0 Å². The van der Waals surface area contributed by atoms with Crippen LogP contribution in [-0.4, -0.2) is 38.0 Å². The Labute approximate surface area is 109 Å². The Morgan fingerprint density at radius 1 is 1.33 bits per heavy atom. The third kappa shape index (κ3) is 3.98. The van der Waals surface area contributed by atoms with E-state index in [1.54, 1.807) is 0 Å². The fourth-order valence-electron chi connectivity index (χ4n) is 2.13. The van der Waals surface area contributed by atoms with Crippen LogP contribution in [0.5, 0.6) is 0 Å². The van der Waals surface area contributed by atoms with Crippen LogP contribution in [0, 0.1) is 11.3 Å². The van der Waals surface area contributed by atoms with E-state index in [1.165, 1.54) is 0 Å². The molecule has 0 bridgehead atoms. The average molecular weight is 255 g/mol. The van der Waals surface area contributed by atoms with Gasteiger partial charge < -0.3 is 16.0 Å². The molecule has 0 aromatic heterocycles. The molecular formula is C13H25N3O2. The van der Waals surface area contributed by atoms with E-state index in [0.717, 1.165) is 19.4 Å². The van der Waals surface area contributed by atoms with Gasteiger partial charge in [0.1, 0.15) is 0 Å². The lowest BCUT2D eigenvalue weighted by atomic mass is 9.83. The number of carbonyl (C=O) groups is 2. The maximum Gasteiger partial charge on any atom is 0.239 e. The molecule has 0 spiro atoms. The molecule has 18 heavy (non-hydrogen) atoms. The molecule has 0 saturated carbocycles. The zero-order valence-corrected chi connectivity index (χ0v) is 11.6. The van der Waals surface area contributed by atoms with Crippen molar-refractivity contribution in [2.75, 3.05) is 26.2 Å². The van der Waals surface area contributed by atoms with Gasteiger partial charge in [-0.3, -0.25) is 9.59 Å². The summed E-state index contributed by atoms with van der Waals surface area (Å²) < 4.78 is 0. The zero-order valence-electron chi connectivity index (χ0n) is 11.6. The predicted octanol–water partition coefficient (Wildman–Crippen LogP) is 0.265. The van der Waals surface area contributed by atoms with Gasteiger partial charge in [0.15, 0.2) is 0 Å². The van der Waals surface area contributed by atoms with Gasteiger partial charge in [-0.25, -0.2) is 0 Å². The third-order valence-corrected chi connectivity index (χ3v) is 3.52. The molecule has 1 heterocycles. The number of nitrogens with one attached hydrogen (secondary N) is 3. The molecule has 3 N–H and O–H groups in total. The molecule has 0 aliphatic carbocycles. The highest BCUT2D eigenvalue weighted by Crippen LogP contribution is 2.29. The molecule has 2 amide bonds. The quantitative estimate of drug-likeness (QED) is 0.638. The van der Waals surface area contributed by atoms with Crippen molar-refractivity contribution in [3.8, 4) is 0 Å². The highest BCUT2D eigenvalue weighted by Gasteiger charge is 2.39. The maximum absolute atomic E-state index is 12.1. The van der Waals surface area contributed by atoms with Crippen molar-refractivity contribution in [2.45, 2.75) is 33.6 Å². The summed E-state index contributed by atoms with van der Waals surface area (Å²) >= 11 is 0. The highest BCUT2D eigenvalue weighted by molar-refractivity contribution is 5.88. The van der Waals surface area contributed by atoms with Gasteiger partial charge >= 0.3 is 0 Å². The second-order valence-corrected chi connectivity index (χ2v) is 5.44. The van der Waals surface area contributed by atoms with Crippen molar-refractivity contribution < 1.29 is 9.59 Å². The molecule has 1 aliphatic heterocycles. The molecule has 1 unspecified atom stereocenters. The van der Waals surface area contributed by atoms with E-state index in [4.69, 9.17) is 0 Å². The van der Waals surface area contributed by atoms with Crippen molar-refractivity contribution >= 4 is 11.8 Å². The standard InChI is InChI=1S/C13H25N3O2/c1-4-13(5-6-14-9-13)12(18)16-8-11(17)15-7-10(2)3/h10,14H,4-9H2,1-3H3,(H,15,17)(H,16,18). The minimum Gasteiger partial charge on any atom is -0.354 e. The molecule has 1 rings (SSSR count). The molecule has 5 nitrogen and oxygen atoms in total. The number of rotatable bonds is 6. The van der Waals surface area contributed by atoms with Gasteiger partial charge in [0.25, 0.3) is 0 Å². The second kappa shape index (κ2) is 6.73. The second-order valence-electron chi connectivity index (χ2n) is 5.44. The fraction of sp³-hybridized carbons (Fsp3) is 0.846. The van der Waals surface area contributed by atoms with Crippen molar-refractivity contribution in [1.82, 2.24) is 16.0 Å². The molecule has 0 aromatic carbocycles. The van der Waals surface area contributed by atoms with Crippen molar-refractivity contribution in [3.05, 3.63) is 0 Å². The van der Waals surface area contributed by atoms with Crippen LogP contribution >= 0.6 is 0 Å². The number of hydrogen-bond acceptors (Lipinski definition) is 3. The summed E-state index contributed by atoms with van der Waals surface area (Å²) in [6.45, 7) is 8.40. The summed E-state index contributed by atoms with van der Waals surface area (Å²) in [4.78, 5) is 23.6. The van der Waals surface area contributed by atoms with Gasteiger partial charge in [-0.1, -0.05) is 20.8 Å². The smallest absolute Gasteiger partial charge is 0.239 e. The van der Waals surface area contributed by atoms with Gasteiger partial charge in [-0.05, 0) is 25.3 Å². The Morgan fingerprint density at radius 2 is 2.06 bits per heavy atom. The molecule has 104 valence electrons. The number of amides is 2. The van der Waals surface area contributed by atoms with Crippen LogP contribution in [0.15, 0.2) is 0 Å². The first kappa shape index (κ1) is 15.0. The van der Waals surface area contributed by atoms with E-state index in [9.17, 15) is 9.59 Å². The highest BCUT2D eigenvalue weighted by atomic mass is 16.2. The summed E-state index contributed by atoms with van der Waals surface area (Å²) in [6, 6.07) is 0. The number of carbonyl (C=O) groups excluding carboxylic acids is 2. The fourth-order valence-corrected chi connectivity index (χ4v) is 2.13. The lowest BCUT2D eigenvalue weighted by Gasteiger charge is -2.25. The van der Waals surface area contributed by atoms with Gasteiger partial charge in [0.05, 0.1) is 12.0 Å². The molecule has 1 saturated heterocycles. The largest absolute Gasteiger partial charge is 0.354 e. The summed E-state index contributed by atoms with van der Waals surface area (Å²) in [5, 5.41) is 8.75. The summed E-state index contributed by atoms with van der Waals surface area (Å²) in [5.74, 6) is 0.301. The van der Waals surface area contributed by atoms with E-state index >= 15 is 0 Å². The van der Waals surface area contributed by atoms with Crippen molar-refractivity contribution in [1.29, 1.82) is 0 Å². The van der Waals surface area contributed by atoms with Gasteiger partial charge in [0.2, 0.25) is 11.8 Å². The first-order valence-corrected chi connectivity index (χ1v) is 6.76. The van der Waals surface area contributed by atoms with Crippen LogP contribution < -0.4 is 16.0 Å². The van der Waals surface area contributed by atoms with E-state index < -0.39 is 0 Å². The van der Waals surface area contributed by atoms with E-state index in [2.05, 4.69) is 16.0 Å². The Balaban J connectivity index is 2.34. The van der Waals surface area contributed by atoms with Crippen LogP contribution in [-0.2, 0) is 9.59 Å². The molecule has 0 aromatic rings. The zero-order chi connectivity index (χ0) is 13.6.